The molecule has 0 aliphatic heterocycles. The average Bonchev–Trinajstić information content (AvgIpc) is 3.27. The van der Waals surface area contributed by atoms with Gasteiger partial charge in [0.15, 0.2) is 11.5 Å². The van der Waals surface area contributed by atoms with E-state index < -0.39 is 5.91 Å². The number of hydrogen-bond acceptors (Lipinski definition) is 4. The lowest BCUT2D eigenvalue weighted by molar-refractivity contribution is 0.0929. The van der Waals surface area contributed by atoms with E-state index in [2.05, 4.69) is 22.7 Å². The zero-order valence-corrected chi connectivity index (χ0v) is 20.4. The van der Waals surface area contributed by atoms with Crippen LogP contribution in [0.5, 0.6) is 5.75 Å². The molecule has 0 saturated carbocycles. The number of hydrogen-bond donors (Lipinski definition) is 1. The van der Waals surface area contributed by atoms with Crippen molar-refractivity contribution >= 4 is 68.7 Å². The number of fused-ring (bicyclic) bond motifs is 2. The first kappa shape index (κ1) is 23.2. The predicted molar refractivity (Wildman–Crippen MR) is 141 cm³/mol. The van der Waals surface area contributed by atoms with E-state index in [1.165, 1.54) is 6.21 Å². The summed E-state index contributed by atoms with van der Waals surface area (Å²) in [6, 6.07) is 24.1. The van der Waals surface area contributed by atoms with Crippen LogP contribution in [0.25, 0.3) is 21.7 Å². The van der Waals surface area contributed by atoms with Crippen molar-refractivity contribution < 1.29 is 13.9 Å². The zero-order chi connectivity index (χ0) is 24.4. The molecule has 0 saturated heterocycles. The minimum absolute atomic E-state index is 0.118. The van der Waals surface area contributed by atoms with Gasteiger partial charge in [-0.15, -0.1) is 0 Å². The maximum absolute atomic E-state index is 12.4. The highest BCUT2D eigenvalue weighted by Gasteiger charge is 2.13. The van der Waals surface area contributed by atoms with E-state index in [0.717, 1.165) is 21.7 Å². The van der Waals surface area contributed by atoms with Crippen molar-refractivity contribution in [1.29, 1.82) is 0 Å². The van der Waals surface area contributed by atoms with Gasteiger partial charge >= 0.3 is 5.91 Å². The molecular formula is C27H17Cl3N2O3. The highest BCUT2D eigenvalue weighted by Crippen LogP contribution is 2.35. The standard InChI is InChI=1S/C27H17Cl3N2O3/c28-20-8-9-24-19(12-20)13-25(35-24)27(33)32-31-14-16-10-22(29)26(23(30)11-16)34-15-18-6-3-5-17-4-1-2-7-21(17)18/h1-14H,15H2,(H,32,33)/b31-14+. The molecule has 1 N–H and O–H groups in total. The Morgan fingerprint density at radius 3 is 2.51 bits per heavy atom. The van der Waals surface area contributed by atoms with Crippen molar-refractivity contribution in [1.82, 2.24) is 5.43 Å². The molecule has 0 spiro atoms. The summed E-state index contributed by atoms with van der Waals surface area (Å²) in [5.41, 5.74) is 4.60. The quantitative estimate of drug-likeness (QED) is 0.182. The molecule has 5 aromatic rings. The molecule has 174 valence electrons. The fourth-order valence-electron chi connectivity index (χ4n) is 3.71. The molecule has 35 heavy (non-hydrogen) atoms. The average molecular weight is 524 g/mol. The highest BCUT2D eigenvalue weighted by atomic mass is 35.5. The summed E-state index contributed by atoms with van der Waals surface area (Å²) in [6.07, 6.45) is 1.43. The first-order valence-electron chi connectivity index (χ1n) is 10.6. The SMILES string of the molecule is O=C(N/N=C/c1cc(Cl)c(OCc2cccc3ccccc23)c(Cl)c1)c1cc2cc(Cl)ccc2o1. The summed E-state index contributed by atoms with van der Waals surface area (Å²) < 4.78 is 11.5. The maximum atomic E-state index is 12.4. The maximum Gasteiger partial charge on any atom is 0.307 e. The molecule has 4 aromatic carbocycles. The molecule has 1 heterocycles. The molecule has 0 fully saturated rings. The summed E-state index contributed by atoms with van der Waals surface area (Å²) >= 11 is 18.8. The van der Waals surface area contributed by atoms with Crippen LogP contribution >= 0.6 is 34.8 Å². The van der Waals surface area contributed by atoms with Gasteiger partial charge in [-0.3, -0.25) is 4.79 Å². The molecule has 0 aliphatic carbocycles. The fraction of sp³-hybridized carbons (Fsp3) is 0.0370. The second-order valence-electron chi connectivity index (χ2n) is 7.73. The van der Waals surface area contributed by atoms with Crippen LogP contribution < -0.4 is 10.2 Å². The van der Waals surface area contributed by atoms with Gasteiger partial charge in [-0.05, 0) is 58.3 Å². The Balaban J connectivity index is 1.26. The Labute approximate surface area is 215 Å². The van der Waals surface area contributed by atoms with Crippen LogP contribution in [-0.4, -0.2) is 12.1 Å². The topological polar surface area (TPSA) is 63.8 Å². The molecule has 0 radical (unpaired) electrons. The van der Waals surface area contributed by atoms with Crippen molar-refractivity contribution in [2.75, 3.05) is 0 Å². The van der Waals surface area contributed by atoms with E-state index in [9.17, 15) is 4.79 Å². The Morgan fingerprint density at radius 2 is 1.69 bits per heavy atom. The molecule has 1 amide bonds. The first-order chi connectivity index (χ1) is 17.0. The monoisotopic (exact) mass is 522 g/mol. The fourth-order valence-corrected chi connectivity index (χ4v) is 4.50. The third kappa shape index (κ3) is 5.13. The third-order valence-corrected chi connectivity index (χ3v) is 6.15. The smallest absolute Gasteiger partial charge is 0.307 e. The van der Waals surface area contributed by atoms with Crippen LogP contribution in [0.2, 0.25) is 15.1 Å². The number of carbonyl (C=O) groups excluding carboxylic acids is 1. The van der Waals surface area contributed by atoms with Gasteiger partial charge in [-0.1, -0.05) is 77.3 Å². The summed E-state index contributed by atoms with van der Waals surface area (Å²) in [6.45, 7) is 0.312. The Bertz CT molecular complexity index is 1570. The lowest BCUT2D eigenvalue weighted by atomic mass is 10.1. The summed E-state index contributed by atoms with van der Waals surface area (Å²) in [7, 11) is 0. The van der Waals surface area contributed by atoms with E-state index in [1.807, 2.05) is 30.3 Å². The number of rotatable bonds is 6. The van der Waals surface area contributed by atoms with Crippen LogP contribution in [0.3, 0.4) is 0 Å². The van der Waals surface area contributed by atoms with Gasteiger partial charge in [0.1, 0.15) is 12.2 Å². The van der Waals surface area contributed by atoms with Gasteiger partial charge in [0.25, 0.3) is 0 Å². The second-order valence-corrected chi connectivity index (χ2v) is 8.98. The first-order valence-corrected chi connectivity index (χ1v) is 11.7. The van der Waals surface area contributed by atoms with Crippen LogP contribution in [0.15, 0.2) is 88.4 Å². The van der Waals surface area contributed by atoms with Crippen LogP contribution in [-0.2, 0) is 6.61 Å². The summed E-state index contributed by atoms with van der Waals surface area (Å²) in [5, 5.41) is 8.16. The number of furan rings is 1. The third-order valence-electron chi connectivity index (χ3n) is 5.35. The summed E-state index contributed by atoms with van der Waals surface area (Å²) in [4.78, 5) is 12.4. The van der Waals surface area contributed by atoms with Gasteiger partial charge < -0.3 is 9.15 Å². The molecule has 0 unspecified atom stereocenters. The number of halogens is 3. The van der Waals surface area contributed by atoms with Crippen molar-refractivity contribution in [3.63, 3.8) is 0 Å². The van der Waals surface area contributed by atoms with Crippen LogP contribution in [0.1, 0.15) is 21.7 Å². The van der Waals surface area contributed by atoms with E-state index in [1.54, 1.807) is 36.4 Å². The Kier molecular flexibility index (Phi) is 6.64. The number of amides is 1. The van der Waals surface area contributed by atoms with Gasteiger partial charge in [0, 0.05) is 10.4 Å². The number of nitrogens with one attached hydrogen (secondary N) is 1. The molecule has 8 heteroatoms. The summed E-state index contributed by atoms with van der Waals surface area (Å²) in [5.74, 6) is -0.00291. The zero-order valence-electron chi connectivity index (χ0n) is 18.1. The number of benzene rings is 4. The van der Waals surface area contributed by atoms with Crippen molar-refractivity contribution in [3.05, 3.63) is 111 Å². The predicted octanol–water partition coefficient (Wildman–Crippen LogP) is 7.89. The van der Waals surface area contributed by atoms with Gasteiger partial charge in [0.2, 0.25) is 0 Å². The van der Waals surface area contributed by atoms with E-state index in [-0.39, 0.29) is 5.76 Å². The number of hydrazone groups is 1. The number of ether oxygens (including phenoxy) is 1. The van der Waals surface area contributed by atoms with Crippen molar-refractivity contribution in [2.24, 2.45) is 5.10 Å². The number of carbonyl (C=O) groups is 1. The van der Waals surface area contributed by atoms with E-state index >= 15 is 0 Å². The molecule has 0 aliphatic rings. The minimum atomic E-state index is -0.499. The van der Waals surface area contributed by atoms with E-state index in [0.29, 0.717) is 38.6 Å². The van der Waals surface area contributed by atoms with E-state index in [4.69, 9.17) is 44.0 Å². The number of nitrogens with zero attached hydrogens (tertiary/aromatic N) is 1. The molecule has 5 rings (SSSR count). The molecule has 0 bridgehead atoms. The van der Waals surface area contributed by atoms with Crippen molar-refractivity contribution in [3.8, 4) is 5.75 Å². The van der Waals surface area contributed by atoms with Gasteiger partial charge in [-0.25, -0.2) is 5.43 Å². The van der Waals surface area contributed by atoms with Crippen molar-refractivity contribution in [2.45, 2.75) is 6.61 Å². The lowest BCUT2D eigenvalue weighted by Gasteiger charge is -2.12. The second kappa shape index (κ2) is 10.0. The minimum Gasteiger partial charge on any atom is -0.486 e. The molecule has 0 atom stereocenters. The molecule has 5 nitrogen and oxygen atoms in total. The Morgan fingerprint density at radius 1 is 0.914 bits per heavy atom. The molecular weight excluding hydrogens is 507 g/mol. The molecule has 1 aromatic heterocycles. The van der Waals surface area contributed by atoms with Crippen LogP contribution in [0, 0.1) is 0 Å². The largest absolute Gasteiger partial charge is 0.486 e. The highest BCUT2D eigenvalue weighted by molar-refractivity contribution is 6.37. The van der Waals surface area contributed by atoms with Gasteiger partial charge in [0.05, 0.1) is 16.3 Å². The Hall–Kier alpha value is -3.51. The van der Waals surface area contributed by atoms with Crippen LogP contribution in [0.4, 0.5) is 0 Å². The normalized spacial score (nSPS) is 11.4. The lowest BCUT2D eigenvalue weighted by Crippen LogP contribution is -2.16. The van der Waals surface area contributed by atoms with Gasteiger partial charge in [-0.2, -0.15) is 5.10 Å².